The maximum absolute atomic E-state index is 12.9. The Labute approximate surface area is 142 Å². The highest BCUT2D eigenvalue weighted by atomic mass is 35.5. The molecule has 1 atom stereocenters. The first kappa shape index (κ1) is 18.5. The lowest BCUT2D eigenvalue weighted by atomic mass is 10.2. The van der Waals surface area contributed by atoms with Gasteiger partial charge in [0.1, 0.15) is 5.56 Å². The van der Waals surface area contributed by atoms with E-state index in [1.54, 1.807) is 6.92 Å². The van der Waals surface area contributed by atoms with Gasteiger partial charge in [0.25, 0.3) is 0 Å². The molecule has 0 fully saturated rings. The molecule has 0 aliphatic heterocycles. The van der Waals surface area contributed by atoms with E-state index in [9.17, 15) is 13.2 Å². The Morgan fingerprint density at radius 2 is 1.92 bits per heavy atom. The Hall–Kier alpha value is -1.86. The van der Waals surface area contributed by atoms with Crippen LogP contribution in [0.15, 0.2) is 36.5 Å². The number of benzene rings is 1. The summed E-state index contributed by atoms with van der Waals surface area (Å²) in [5, 5.41) is -0.300. The zero-order valence-electron chi connectivity index (χ0n) is 12.9. The Balaban J connectivity index is 1.86. The van der Waals surface area contributed by atoms with Crippen molar-refractivity contribution in [1.82, 2.24) is 9.97 Å². The van der Waals surface area contributed by atoms with Crippen LogP contribution in [-0.4, -0.2) is 22.7 Å². The van der Waals surface area contributed by atoms with Gasteiger partial charge in [0, 0.05) is 12.6 Å². The highest BCUT2D eigenvalue weighted by Gasteiger charge is 2.36. The molecule has 0 saturated heterocycles. The molecule has 2 aromatic rings. The molecule has 0 unspecified atom stereocenters. The van der Waals surface area contributed by atoms with Gasteiger partial charge in [-0.25, -0.2) is 4.98 Å². The van der Waals surface area contributed by atoms with Crippen LogP contribution in [0.4, 0.5) is 13.2 Å². The second kappa shape index (κ2) is 8.30. The average molecular weight is 361 g/mol. The minimum Gasteiger partial charge on any atom is -0.474 e. The monoisotopic (exact) mass is 360 g/mol. The summed E-state index contributed by atoms with van der Waals surface area (Å²) in [6.45, 7) is 2.42. The lowest BCUT2D eigenvalue weighted by Gasteiger charge is -2.17. The molecule has 130 valence electrons. The van der Waals surface area contributed by atoms with Gasteiger partial charge < -0.3 is 9.47 Å². The molecule has 8 heteroatoms. The summed E-state index contributed by atoms with van der Waals surface area (Å²) in [4.78, 5) is 6.88. The van der Waals surface area contributed by atoms with Crippen LogP contribution in [0.3, 0.4) is 0 Å². The standard InChI is InChI=1S/C16H16ClF3N2O2/c1-11(7-8-23-10-12-5-3-2-4-6-12)24-14-13(16(18,19)20)9-21-15(17)22-14/h2-6,9,11H,7-8,10H2,1H3/t11-/m1/s1. The van der Waals surface area contributed by atoms with Crippen LogP contribution in [0, 0.1) is 0 Å². The van der Waals surface area contributed by atoms with E-state index in [1.807, 2.05) is 30.3 Å². The van der Waals surface area contributed by atoms with Crippen molar-refractivity contribution in [1.29, 1.82) is 0 Å². The molecule has 1 aromatic heterocycles. The van der Waals surface area contributed by atoms with Crippen molar-refractivity contribution >= 4 is 11.6 Å². The van der Waals surface area contributed by atoms with Crippen molar-refractivity contribution in [2.45, 2.75) is 32.2 Å². The first-order valence-electron chi connectivity index (χ1n) is 7.24. The summed E-state index contributed by atoms with van der Waals surface area (Å²) in [5.74, 6) is -0.571. The Morgan fingerprint density at radius 3 is 2.58 bits per heavy atom. The summed E-state index contributed by atoms with van der Waals surface area (Å²) in [6.07, 6.45) is -4.11. The van der Waals surface area contributed by atoms with Gasteiger partial charge in [-0.2, -0.15) is 18.2 Å². The van der Waals surface area contributed by atoms with Crippen LogP contribution in [-0.2, 0) is 17.5 Å². The molecule has 4 nitrogen and oxygen atoms in total. The lowest BCUT2D eigenvalue weighted by molar-refractivity contribution is -0.139. The predicted octanol–water partition coefficient (Wildman–Crippen LogP) is 4.52. The maximum atomic E-state index is 12.9. The van der Waals surface area contributed by atoms with Crippen LogP contribution >= 0.6 is 11.6 Å². The molecule has 0 amide bonds. The van der Waals surface area contributed by atoms with E-state index in [-0.39, 0.29) is 5.28 Å². The third-order valence-corrected chi connectivity index (χ3v) is 3.30. The topological polar surface area (TPSA) is 44.2 Å². The number of hydrogen-bond acceptors (Lipinski definition) is 4. The van der Waals surface area contributed by atoms with Crippen molar-refractivity contribution in [3.05, 3.63) is 52.9 Å². The zero-order valence-corrected chi connectivity index (χ0v) is 13.6. The summed E-state index contributed by atoms with van der Waals surface area (Å²) < 4.78 is 49.4. The van der Waals surface area contributed by atoms with E-state index < -0.39 is 23.7 Å². The van der Waals surface area contributed by atoms with Crippen LogP contribution in [0.1, 0.15) is 24.5 Å². The Kier molecular flexibility index (Phi) is 6.39. The fourth-order valence-electron chi connectivity index (χ4n) is 1.89. The summed E-state index contributed by atoms with van der Waals surface area (Å²) >= 11 is 5.55. The van der Waals surface area contributed by atoms with E-state index in [2.05, 4.69) is 9.97 Å². The summed E-state index contributed by atoms with van der Waals surface area (Å²) in [5.41, 5.74) is -0.0306. The van der Waals surface area contributed by atoms with Gasteiger partial charge in [-0.05, 0) is 24.1 Å². The van der Waals surface area contributed by atoms with E-state index in [1.165, 1.54) is 0 Å². The average Bonchev–Trinajstić information content (AvgIpc) is 2.51. The molecule has 0 aliphatic rings. The fourth-order valence-corrected chi connectivity index (χ4v) is 2.02. The van der Waals surface area contributed by atoms with Gasteiger partial charge in [0.05, 0.1) is 19.3 Å². The largest absolute Gasteiger partial charge is 0.474 e. The molecule has 0 bridgehead atoms. The third-order valence-electron chi connectivity index (χ3n) is 3.12. The van der Waals surface area contributed by atoms with E-state index in [0.717, 1.165) is 5.56 Å². The number of ether oxygens (including phenoxy) is 2. The predicted molar refractivity (Wildman–Crippen MR) is 82.8 cm³/mol. The Morgan fingerprint density at radius 1 is 1.21 bits per heavy atom. The molecule has 1 heterocycles. The van der Waals surface area contributed by atoms with Crippen molar-refractivity contribution in [3.63, 3.8) is 0 Å². The second-order valence-corrected chi connectivity index (χ2v) is 5.45. The number of nitrogens with zero attached hydrogens (tertiary/aromatic N) is 2. The molecule has 1 aromatic carbocycles. The molecule has 0 spiro atoms. The van der Waals surface area contributed by atoms with Crippen LogP contribution < -0.4 is 4.74 Å². The third kappa shape index (κ3) is 5.65. The number of halogens is 4. The number of hydrogen-bond donors (Lipinski definition) is 0. The van der Waals surface area contributed by atoms with Gasteiger partial charge in [0.15, 0.2) is 0 Å². The normalized spacial score (nSPS) is 12.9. The quantitative estimate of drug-likeness (QED) is 0.538. The molecule has 0 saturated carbocycles. The van der Waals surface area contributed by atoms with E-state index in [0.29, 0.717) is 25.8 Å². The van der Waals surface area contributed by atoms with E-state index >= 15 is 0 Å². The molecule has 2 rings (SSSR count). The highest BCUT2D eigenvalue weighted by molar-refractivity contribution is 6.28. The molecule has 24 heavy (non-hydrogen) atoms. The minimum absolute atomic E-state index is 0.300. The molecule has 0 N–H and O–H groups in total. The van der Waals surface area contributed by atoms with Gasteiger partial charge in [-0.3, -0.25) is 0 Å². The van der Waals surface area contributed by atoms with E-state index in [4.69, 9.17) is 21.1 Å². The smallest absolute Gasteiger partial charge is 0.423 e. The molecular weight excluding hydrogens is 345 g/mol. The molecular formula is C16H16ClF3N2O2. The Bertz CT molecular complexity index is 654. The zero-order chi connectivity index (χ0) is 17.6. The minimum atomic E-state index is -4.61. The van der Waals surface area contributed by atoms with Gasteiger partial charge >= 0.3 is 6.18 Å². The van der Waals surface area contributed by atoms with Crippen LogP contribution in [0.5, 0.6) is 5.88 Å². The lowest BCUT2D eigenvalue weighted by Crippen LogP contribution is -2.19. The highest BCUT2D eigenvalue weighted by Crippen LogP contribution is 2.35. The summed E-state index contributed by atoms with van der Waals surface area (Å²) in [6, 6.07) is 9.57. The summed E-state index contributed by atoms with van der Waals surface area (Å²) in [7, 11) is 0. The van der Waals surface area contributed by atoms with Crippen molar-refractivity contribution in [2.24, 2.45) is 0 Å². The number of rotatable bonds is 7. The molecule has 0 aliphatic carbocycles. The fraction of sp³-hybridized carbons (Fsp3) is 0.375. The number of aromatic nitrogens is 2. The van der Waals surface area contributed by atoms with Crippen molar-refractivity contribution < 1.29 is 22.6 Å². The van der Waals surface area contributed by atoms with Gasteiger partial charge in [0.2, 0.25) is 11.2 Å². The van der Waals surface area contributed by atoms with Gasteiger partial charge in [-0.15, -0.1) is 0 Å². The van der Waals surface area contributed by atoms with Gasteiger partial charge in [-0.1, -0.05) is 30.3 Å². The van der Waals surface area contributed by atoms with Crippen LogP contribution in [0.2, 0.25) is 5.28 Å². The number of alkyl halides is 3. The first-order valence-corrected chi connectivity index (χ1v) is 7.62. The second-order valence-electron chi connectivity index (χ2n) is 5.11. The molecule has 0 radical (unpaired) electrons. The maximum Gasteiger partial charge on any atom is 0.423 e. The van der Waals surface area contributed by atoms with Crippen LogP contribution in [0.25, 0.3) is 0 Å². The first-order chi connectivity index (χ1) is 11.4. The SMILES string of the molecule is C[C@H](CCOCc1ccccc1)Oc1nc(Cl)ncc1C(F)(F)F. The van der Waals surface area contributed by atoms with Crippen molar-refractivity contribution in [2.75, 3.05) is 6.61 Å². The van der Waals surface area contributed by atoms with Crippen molar-refractivity contribution in [3.8, 4) is 5.88 Å².